The average molecular weight is 390 g/mol. The van der Waals surface area contributed by atoms with Crippen molar-refractivity contribution in [1.82, 2.24) is 19.8 Å². The van der Waals surface area contributed by atoms with E-state index in [1.54, 1.807) is 18.2 Å². The van der Waals surface area contributed by atoms with Gasteiger partial charge in [-0.25, -0.2) is 0 Å². The first-order valence-corrected chi connectivity index (χ1v) is 8.73. The number of alkyl halides is 3. The summed E-state index contributed by atoms with van der Waals surface area (Å²) in [7, 11) is 0. The van der Waals surface area contributed by atoms with Crippen molar-refractivity contribution < 1.29 is 18.0 Å². The molecule has 1 aliphatic heterocycles. The third-order valence-electron chi connectivity index (χ3n) is 4.74. The zero-order valence-electron chi connectivity index (χ0n) is 15.0. The van der Waals surface area contributed by atoms with Crippen molar-refractivity contribution in [2.24, 2.45) is 0 Å². The Morgan fingerprint density at radius 2 is 1.57 bits per heavy atom. The van der Waals surface area contributed by atoms with Gasteiger partial charge in [-0.15, -0.1) is 15.3 Å². The summed E-state index contributed by atoms with van der Waals surface area (Å²) in [6.07, 6.45) is -4.62. The number of anilines is 2. The number of aromatic nitrogens is 4. The summed E-state index contributed by atoms with van der Waals surface area (Å²) in [4.78, 5) is 15.5. The van der Waals surface area contributed by atoms with Gasteiger partial charge in [-0.3, -0.25) is 4.79 Å². The van der Waals surface area contributed by atoms with E-state index in [1.165, 1.54) is 13.0 Å². The minimum absolute atomic E-state index is 0.0186. The zero-order valence-corrected chi connectivity index (χ0v) is 15.0. The molecule has 3 aromatic rings. The lowest BCUT2D eigenvalue weighted by molar-refractivity contribution is -0.146. The average Bonchev–Trinajstić information content (AvgIpc) is 3.12. The predicted molar refractivity (Wildman–Crippen MR) is 96.7 cm³/mol. The maximum atomic E-state index is 13.0. The quantitative estimate of drug-likeness (QED) is 0.641. The van der Waals surface area contributed by atoms with Gasteiger partial charge in [-0.05, 0) is 43.3 Å². The van der Waals surface area contributed by atoms with Crippen molar-refractivity contribution in [2.75, 3.05) is 36.0 Å². The van der Waals surface area contributed by atoms with Gasteiger partial charge in [-0.2, -0.15) is 17.7 Å². The van der Waals surface area contributed by atoms with Gasteiger partial charge in [-0.1, -0.05) is 0 Å². The molecule has 1 saturated heterocycles. The molecule has 2 aromatic heterocycles. The third-order valence-corrected chi connectivity index (χ3v) is 4.74. The Labute approximate surface area is 158 Å². The topological polar surface area (TPSA) is 66.6 Å². The number of carbonyl (C=O) groups excluding carboxylic acids is 1. The molecule has 0 unspecified atom stereocenters. The molecule has 3 heterocycles. The molecule has 0 aliphatic carbocycles. The normalized spacial score (nSPS) is 15.3. The van der Waals surface area contributed by atoms with Gasteiger partial charge in [0.15, 0.2) is 11.4 Å². The molecule has 1 aromatic carbocycles. The number of Topliss-reactive ketones (excluding diaryl/α,β-unsaturated/α-hetero) is 1. The number of ketones is 1. The Morgan fingerprint density at radius 3 is 2.18 bits per heavy atom. The van der Waals surface area contributed by atoms with Crippen molar-refractivity contribution in [3.63, 3.8) is 0 Å². The highest BCUT2D eigenvalue weighted by Gasteiger charge is 2.37. The van der Waals surface area contributed by atoms with Crippen molar-refractivity contribution in [1.29, 1.82) is 0 Å². The minimum Gasteiger partial charge on any atom is -0.368 e. The van der Waals surface area contributed by atoms with E-state index in [0.29, 0.717) is 37.6 Å². The Hall–Kier alpha value is -3.17. The van der Waals surface area contributed by atoms with Crippen LogP contribution < -0.4 is 9.80 Å². The molecule has 0 radical (unpaired) electrons. The van der Waals surface area contributed by atoms with Crippen LogP contribution in [0.4, 0.5) is 24.7 Å². The highest BCUT2D eigenvalue weighted by molar-refractivity contribution is 5.94. The van der Waals surface area contributed by atoms with Crippen LogP contribution in [0.2, 0.25) is 0 Å². The van der Waals surface area contributed by atoms with E-state index >= 15 is 0 Å². The molecule has 1 fully saturated rings. The molecule has 0 bridgehead atoms. The number of fused-ring (bicyclic) bond motifs is 1. The van der Waals surface area contributed by atoms with Gasteiger partial charge in [0, 0.05) is 37.4 Å². The maximum absolute atomic E-state index is 13.0. The Morgan fingerprint density at radius 1 is 0.929 bits per heavy atom. The first-order chi connectivity index (χ1) is 13.3. The Kier molecular flexibility index (Phi) is 4.40. The van der Waals surface area contributed by atoms with Crippen LogP contribution in [0.25, 0.3) is 5.65 Å². The Balaban J connectivity index is 1.49. The van der Waals surface area contributed by atoms with Crippen LogP contribution in [-0.4, -0.2) is 51.8 Å². The Bertz CT molecular complexity index is 1010. The van der Waals surface area contributed by atoms with E-state index in [-0.39, 0.29) is 11.4 Å². The lowest BCUT2D eigenvalue weighted by atomic mass is 10.1. The summed E-state index contributed by atoms with van der Waals surface area (Å²) in [6.45, 7) is 4.12. The maximum Gasteiger partial charge on any atom is 0.453 e. The van der Waals surface area contributed by atoms with Crippen LogP contribution >= 0.6 is 0 Å². The second-order valence-corrected chi connectivity index (χ2v) is 6.56. The van der Waals surface area contributed by atoms with E-state index in [9.17, 15) is 18.0 Å². The van der Waals surface area contributed by atoms with Crippen molar-refractivity contribution in [2.45, 2.75) is 13.1 Å². The zero-order chi connectivity index (χ0) is 19.9. The van der Waals surface area contributed by atoms with Crippen LogP contribution in [0, 0.1) is 0 Å². The third kappa shape index (κ3) is 3.37. The van der Waals surface area contributed by atoms with Crippen molar-refractivity contribution in [3.05, 3.63) is 47.8 Å². The summed E-state index contributed by atoms with van der Waals surface area (Å²) in [5.41, 5.74) is 1.72. The second kappa shape index (κ2) is 6.77. The van der Waals surface area contributed by atoms with Gasteiger partial charge in [0.05, 0.1) is 0 Å². The summed E-state index contributed by atoms with van der Waals surface area (Å²) in [5.74, 6) is -0.664. The molecule has 0 amide bonds. The smallest absolute Gasteiger partial charge is 0.368 e. The van der Waals surface area contributed by atoms with Crippen molar-refractivity contribution >= 4 is 22.9 Å². The molecule has 0 spiro atoms. The number of benzene rings is 1. The largest absolute Gasteiger partial charge is 0.453 e. The summed E-state index contributed by atoms with van der Waals surface area (Å²) < 4.78 is 39.9. The predicted octanol–water partition coefficient (Wildman–Crippen LogP) is 2.67. The van der Waals surface area contributed by atoms with E-state index in [2.05, 4.69) is 20.2 Å². The number of hydrogen-bond donors (Lipinski definition) is 0. The van der Waals surface area contributed by atoms with Crippen LogP contribution in [-0.2, 0) is 6.18 Å². The molecule has 4 rings (SSSR count). The van der Waals surface area contributed by atoms with E-state index < -0.39 is 12.0 Å². The SMILES string of the molecule is CC(=O)c1ccc(N2CCN(c3ccc4nnc(C(F)(F)F)n4n3)CC2)cc1. The summed E-state index contributed by atoms with van der Waals surface area (Å²) in [6, 6.07) is 10.5. The lowest BCUT2D eigenvalue weighted by Gasteiger charge is -2.36. The highest BCUT2D eigenvalue weighted by Crippen LogP contribution is 2.28. The van der Waals surface area contributed by atoms with E-state index in [4.69, 9.17) is 0 Å². The number of halogens is 3. The van der Waals surface area contributed by atoms with Crippen LogP contribution in [0.1, 0.15) is 23.1 Å². The molecular weight excluding hydrogens is 373 g/mol. The summed E-state index contributed by atoms with van der Waals surface area (Å²) in [5, 5.41) is 10.8. The van der Waals surface area contributed by atoms with Crippen LogP contribution in [0.3, 0.4) is 0 Å². The fraction of sp³-hybridized carbons (Fsp3) is 0.333. The van der Waals surface area contributed by atoms with Crippen molar-refractivity contribution in [3.8, 4) is 0 Å². The lowest BCUT2D eigenvalue weighted by Crippen LogP contribution is -2.47. The standard InChI is InChI=1S/C18H17F3N6O/c1-12(28)13-2-4-14(5-3-13)25-8-10-26(11-9-25)16-7-6-15-22-23-17(18(19,20)21)27(15)24-16/h2-7H,8-11H2,1H3. The monoisotopic (exact) mass is 390 g/mol. The van der Waals surface area contributed by atoms with E-state index in [1.807, 2.05) is 17.0 Å². The molecular formula is C18H17F3N6O. The molecule has 0 atom stereocenters. The number of nitrogens with zero attached hydrogens (tertiary/aromatic N) is 6. The van der Waals surface area contributed by atoms with Gasteiger partial charge in [0.25, 0.3) is 5.82 Å². The van der Waals surface area contributed by atoms with Gasteiger partial charge in [0.1, 0.15) is 5.82 Å². The molecule has 0 saturated carbocycles. The molecule has 0 N–H and O–H groups in total. The van der Waals surface area contributed by atoms with Crippen LogP contribution in [0.15, 0.2) is 36.4 Å². The molecule has 7 nitrogen and oxygen atoms in total. The number of piperazine rings is 1. The first kappa shape index (κ1) is 18.2. The first-order valence-electron chi connectivity index (χ1n) is 8.73. The molecule has 28 heavy (non-hydrogen) atoms. The van der Waals surface area contributed by atoms with Gasteiger partial charge < -0.3 is 9.80 Å². The summed E-state index contributed by atoms with van der Waals surface area (Å²) >= 11 is 0. The fourth-order valence-electron chi connectivity index (χ4n) is 3.23. The number of carbonyl (C=O) groups is 1. The van der Waals surface area contributed by atoms with Gasteiger partial charge in [0.2, 0.25) is 0 Å². The molecule has 146 valence electrons. The van der Waals surface area contributed by atoms with Gasteiger partial charge >= 0.3 is 6.18 Å². The van der Waals surface area contributed by atoms with E-state index in [0.717, 1.165) is 10.2 Å². The highest BCUT2D eigenvalue weighted by atomic mass is 19.4. The number of hydrogen-bond acceptors (Lipinski definition) is 6. The molecule has 10 heteroatoms. The number of rotatable bonds is 3. The van der Waals surface area contributed by atoms with Crippen LogP contribution in [0.5, 0.6) is 0 Å². The second-order valence-electron chi connectivity index (χ2n) is 6.56. The fourth-order valence-corrected chi connectivity index (χ4v) is 3.23. The minimum atomic E-state index is -4.62. The molecule has 1 aliphatic rings.